The highest BCUT2D eigenvalue weighted by atomic mass is 16.4. The molecule has 2 aliphatic heterocycles. The van der Waals surface area contributed by atoms with E-state index in [1.165, 1.54) is 4.90 Å². The van der Waals surface area contributed by atoms with E-state index in [-0.39, 0.29) is 24.2 Å². The molecule has 3 heterocycles. The zero-order valence-corrected chi connectivity index (χ0v) is 15.1. The van der Waals surface area contributed by atoms with Crippen LogP contribution < -0.4 is 16.4 Å². The summed E-state index contributed by atoms with van der Waals surface area (Å²) in [4.78, 5) is 38.1. The van der Waals surface area contributed by atoms with E-state index in [2.05, 4.69) is 20.8 Å². The van der Waals surface area contributed by atoms with E-state index in [0.29, 0.717) is 43.9 Å². The van der Waals surface area contributed by atoms with Crippen molar-refractivity contribution in [2.75, 3.05) is 11.9 Å². The summed E-state index contributed by atoms with van der Waals surface area (Å²) in [5.41, 5.74) is 7.66. The normalized spacial score (nSPS) is 19.0. The summed E-state index contributed by atoms with van der Waals surface area (Å²) in [6, 6.07) is 5.20. The molecule has 0 radical (unpaired) electrons. The first kappa shape index (κ1) is 18.1. The molecule has 0 bridgehead atoms. The molecule has 1 unspecified atom stereocenters. The van der Waals surface area contributed by atoms with Gasteiger partial charge in [-0.05, 0) is 17.5 Å². The molecule has 1 fully saturated rings. The molecule has 10 heteroatoms. The Morgan fingerprint density at radius 1 is 1.29 bits per heavy atom. The van der Waals surface area contributed by atoms with Gasteiger partial charge >= 0.3 is 6.01 Å². The number of carbonyl (C=O) groups is 3. The number of amides is 3. The maximum Gasteiger partial charge on any atom is 0.315 e. The van der Waals surface area contributed by atoms with Crippen LogP contribution >= 0.6 is 0 Å². The molecule has 1 atom stereocenters. The number of imide groups is 1. The molecule has 1 aromatic heterocycles. The lowest BCUT2D eigenvalue weighted by Crippen LogP contribution is -2.52. The number of piperidine rings is 1. The number of hydrogen-bond donors (Lipinski definition) is 3. The van der Waals surface area contributed by atoms with Crippen LogP contribution in [0.25, 0.3) is 0 Å². The average Bonchev–Trinajstić information content (AvgIpc) is 3.25. The number of hydrogen-bond acceptors (Lipinski definition) is 8. The molecular formula is C18H20N6O4. The summed E-state index contributed by atoms with van der Waals surface area (Å²) in [5, 5.41) is 13.1. The SMILES string of the molecule is NCCc1nnc(NCc2cccc3c2C(=O)N(C2CCC(=O)NC2=O)C3)o1. The van der Waals surface area contributed by atoms with E-state index < -0.39 is 11.9 Å². The Morgan fingerprint density at radius 3 is 2.93 bits per heavy atom. The molecule has 3 amide bonds. The number of nitrogens with zero attached hydrogens (tertiary/aromatic N) is 3. The van der Waals surface area contributed by atoms with E-state index in [1.807, 2.05) is 18.2 Å². The van der Waals surface area contributed by atoms with Gasteiger partial charge in [0.1, 0.15) is 6.04 Å². The molecule has 1 aromatic carbocycles. The van der Waals surface area contributed by atoms with E-state index in [4.69, 9.17) is 10.2 Å². The van der Waals surface area contributed by atoms with Crippen LogP contribution in [0.4, 0.5) is 6.01 Å². The average molecular weight is 384 g/mol. The van der Waals surface area contributed by atoms with Crippen LogP contribution in [0.2, 0.25) is 0 Å². The molecule has 0 spiro atoms. The Balaban J connectivity index is 1.50. The van der Waals surface area contributed by atoms with Crippen LogP contribution in [-0.4, -0.2) is 45.4 Å². The fourth-order valence-electron chi connectivity index (χ4n) is 3.56. The van der Waals surface area contributed by atoms with E-state index in [9.17, 15) is 14.4 Å². The first-order valence-corrected chi connectivity index (χ1v) is 9.08. The van der Waals surface area contributed by atoms with Gasteiger partial charge in [0, 0.05) is 38.0 Å². The zero-order valence-electron chi connectivity index (χ0n) is 15.1. The topological polar surface area (TPSA) is 143 Å². The van der Waals surface area contributed by atoms with Gasteiger partial charge in [-0.2, -0.15) is 0 Å². The van der Waals surface area contributed by atoms with Gasteiger partial charge in [-0.15, -0.1) is 5.10 Å². The largest absolute Gasteiger partial charge is 0.408 e. The molecule has 4 rings (SSSR count). The molecule has 4 N–H and O–H groups in total. The highest BCUT2D eigenvalue weighted by Crippen LogP contribution is 2.30. The van der Waals surface area contributed by atoms with E-state index in [0.717, 1.165) is 11.1 Å². The van der Waals surface area contributed by atoms with Crippen molar-refractivity contribution in [3.8, 4) is 0 Å². The predicted molar refractivity (Wildman–Crippen MR) is 96.9 cm³/mol. The van der Waals surface area contributed by atoms with Crippen molar-refractivity contribution >= 4 is 23.7 Å². The third kappa shape index (κ3) is 3.33. The van der Waals surface area contributed by atoms with Crippen molar-refractivity contribution in [2.45, 2.75) is 38.4 Å². The minimum atomic E-state index is -0.631. The van der Waals surface area contributed by atoms with Gasteiger partial charge in [-0.1, -0.05) is 23.3 Å². The third-order valence-electron chi connectivity index (χ3n) is 4.89. The lowest BCUT2D eigenvalue weighted by Gasteiger charge is -2.29. The van der Waals surface area contributed by atoms with Gasteiger partial charge in [0.2, 0.25) is 17.7 Å². The van der Waals surface area contributed by atoms with E-state index >= 15 is 0 Å². The van der Waals surface area contributed by atoms with E-state index in [1.54, 1.807) is 0 Å². The molecule has 146 valence electrons. The van der Waals surface area contributed by atoms with Gasteiger partial charge < -0.3 is 20.4 Å². The second-order valence-corrected chi connectivity index (χ2v) is 6.74. The molecule has 28 heavy (non-hydrogen) atoms. The van der Waals surface area contributed by atoms with Crippen LogP contribution in [-0.2, 0) is 29.1 Å². The van der Waals surface area contributed by atoms with Crippen LogP contribution in [0, 0.1) is 0 Å². The summed E-state index contributed by atoms with van der Waals surface area (Å²) in [7, 11) is 0. The number of nitrogens with two attached hydrogens (primary N) is 1. The fourth-order valence-corrected chi connectivity index (χ4v) is 3.56. The summed E-state index contributed by atoms with van der Waals surface area (Å²) in [6.45, 7) is 1.08. The summed E-state index contributed by atoms with van der Waals surface area (Å²) < 4.78 is 5.44. The Bertz CT molecular complexity index is 940. The summed E-state index contributed by atoms with van der Waals surface area (Å²) in [6.07, 6.45) is 1.06. The third-order valence-corrected chi connectivity index (χ3v) is 4.89. The minimum absolute atomic E-state index is 0.212. The van der Waals surface area contributed by atoms with Crippen LogP contribution in [0.1, 0.15) is 40.2 Å². The zero-order chi connectivity index (χ0) is 19.7. The van der Waals surface area contributed by atoms with Crippen LogP contribution in [0.3, 0.4) is 0 Å². The van der Waals surface area contributed by atoms with Crippen LogP contribution in [0.5, 0.6) is 0 Å². The van der Waals surface area contributed by atoms with Gasteiger partial charge in [0.25, 0.3) is 5.91 Å². The highest BCUT2D eigenvalue weighted by molar-refractivity contribution is 6.06. The highest BCUT2D eigenvalue weighted by Gasteiger charge is 2.39. The first-order chi connectivity index (χ1) is 13.6. The van der Waals surface area contributed by atoms with Crippen LogP contribution in [0.15, 0.2) is 22.6 Å². The van der Waals surface area contributed by atoms with Crippen molar-refractivity contribution in [1.82, 2.24) is 20.4 Å². The van der Waals surface area contributed by atoms with Crippen molar-refractivity contribution in [3.05, 3.63) is 40.8 Å². The lowest BCUT2D eigenvalue weighted by molar-refractivity contribution is -0.136. The Labute approximate surface area is 160 Å². The second-order valence-electron chi connectivity index (χ2n) is 6.74. The maximum absolute atomic E-state index is 13.0. The molecule has 10 nitrogen and oxygen atoms in total. The number of rotatable bonds is 6. The lowest BCUT2D eigenvalue weighted by atomic mass is 10.0. The Kier molecular flexibility index (Phi) is 4.78. The predicted octanol–water partition coefficient (Wildman–Crippen LogP) is -0.0561. The monoisotopic (exact) mass is 384 g/mol. The Hall–Kier alpha value is -3.27. The number of anilines is 1. The molecule has 0 saturated carbocycles. The summed E-state index contributed by atoms with van der Waals surface area (Å²) in [5.74, 6) is -0.487. The van der Waals surface area contributed by atoms with Gasteiger partial charge in [-0.3, -0.25) is 19.7 Å². The van der Waals surface area contributed by atoms with Gasteiger partial charge in [0.15, 0.2) is 0 Å². The number of fused-ring (bicyclic) bond motifs is 1. The summed E-state index contributed by atoms with van der Waals surface area (Å²) >= 11 is 0. The molecular weight excluding hydrogens is 364 g/mol. The van der Waals surface area contributed by atoms with Crippen molar-refractivity contribution in [2.24, 2.45) is 5.73 Å². The smallest absolute Gasteiger partial charge is 0.315 e. The van der Waals surface area contributed by atoms with Crippen molar-refractivity contribution in [1.29, 1.82) is 0 Å². The Morgan fingerprint density at radius 2 is 2.14 bits per heavy atom. The van der Waals surface area contributed by atoms with Crippen molar-refractivity contribution < 1.29 is 18.8 Å². The number of carbonyl (C=O) groups excluding carboxylic acids is 3. The second kappa shape index (κ2) is 7.39. The first-order valence-electron chi connectivity index (χ1n) is 9.08. The van der Waals surface area contributed by atoms with Crippen molar-refractivity contribution in [3.63, 3.8) is 0 Å². The van der Waals surface area contributed by atoms with Gasteiger partial charge in [0.05, 0.1) is 0 Å². The number of nitrogens with one attached hydrogen (secondary N) is 2. The minimum Gasteiger partial charge on any atom is -0.408 e. The molecule has 2 aliphatic rings. The number of aromatic nitrogens is 2. The van der Waals surface area contributed by atoms with Gasteiger partial charge in [-0.25, -0.2) is 0 Å². The number of benzene rings is 1. The molecule has 1 saturated heterocycles. The maximum atomic E-state index is 13.0. The fraction of sp³-hybridized carbons (Fsp3) is 0.389. The quantitative estimate of drug-likeness (QED) is 0.588. The molecule has 2 aromatic rings. The standard InChI is InChI=1S/C18H20N6O4/c19-7-6-14-22-23-18(28-14)20-8-10-2-1-3-11-9-24(17(27)15(10)11)12-4-5-13(25)21-16(12)26/h1-3,12H,4-9,19H2,(H,20,23)(H,21,25,26). The molecule has 0 aliphatic carbocycles.